The van der Waals surface area contributed by atoms with Crippen LogP contribution < -0.4 is 5.32 Å². The molecule has 1 fully saturated rings. The van der Waals surface area contributed by atoms with Crippen LogP contribution in [0.1, 0.15) is 28.9 Å². The fourth-order valence-electron chi connectivity index (χ4n) is 6.11. The van der Waals surface area contributed by atoms with Gasteiger partial charge in [-0.25, -0.2) is 4.79 Å². The lowest BCUT2D eigenvalue weighted by Gasteiger charge is -2.42. The molecule has 1 aromatic heterocycles. The number of hydrogen-bond donors (Lipinski definition) is 1. The lowest BCUT2D eigenvalue weighted by atomic mass is 9.76. The van der Waals surface area contributed by atoms with Crippen LogP contribution in [0.25, 0.3) is 32.7 Å². The van der Waals surface area contributed by atoms with Crippen LogP contribution in [0.15, 0.2) is 66.9 Å². The Labute approximate surface area is 259 Å². The second kappa shape index (κ2) is 12.7. The van der Waals surface area contributed by atoms with Gasteiger partial charge in [-0.2, -0.15) is 26.3 Å². The highest BCUT2D eigenvalue weighted by Crippen LogP contribution is 2.47. The van der Waals surface area contributed by atoms with Crippen molar-refractivity contribution in [1.29, 1.82) is 0 Å². The Kier molecular flexibility index (Phi) is 9.07. The molecule has 0 bridgehead atoms. The lowest BCUT2D eigenvalue weighted by Crippen LogP contribution is -2.59. The molecule has 1 atom stereocenters. The number of carbonyl (C=O) groups is 3. The largest absolute Gasteiger partial charge is 0.467 e. The fourth-order valence-corrected chi connectivity index (χ4v) is 6.11. The quantitative estimate of drug-likeness (QED) is 0.138. The van der Waals surface area contributed by atoms with Gasteiger partial charge < -0.3 is 10.1 Å². The van der Waals surface area contributed by atoms with Crippen LogP contribution in [0.3, 0.4) is 0 Å². The van der Waals surface area contributed by atoms with Gasteiger partial charge in [-0.05, 0) is 64.8 Å². The first-order chi connectivity index (χ1) is 21.8. The highest BCUT2D eigenvalue weighted by Gasteiger charge is 2.61. The van der Waals surface area contributed by atoms with Crippen LogP contribution >= 0.6 is 0 Å². The Bertz CT molecular complexity index is 1780. The molecular formula is C33H29F6N3O4. The average Bonchev–Trinajstić information content (AvgIpc) is 3.02. The van der Waals surface area contributed by atoms with E-state index >= 15 is 0 Å². The third-order valence-corrected chi connectivity index (χ3v) is 8.51. The number of amides is 1. The summed E-state index contributed by atoms with van der Waals surface area (Å²) in [6.07, 6.45) is -9.41. The zero-order valence-electron chi connectivity index (χ0n) is 24.5. The summed E-state index contributed by atoms with van der Waals surface area (Å²) in [5, 5.41) is 5.23. The molecule has 4 aromatic rings. The molecule has 1 amide bonds. The number of aromatic nitrogens is 1. The zero-order valence-corrected chi connectivity index (χ0v) is 24.5. The average molecular weight is 646 g/mol. The predicted octanol–water partition coefficient (Wildman–Crippen LogP) is 6.27. The van der Waals surface area contributed by atoms with E-state index in [0.717, 1.165) is 39.3 Å². The molecule has 2 heterocycles. The lowest BCUT2D eigenvalue weighted by molar-refractivity contribution is -0.236. The van der Waals surface area contributed by atoms with Gasteiger partial charge >= 0.3 is 18.3 Å². The molecule has 242 valence electrons. The van der Waals surface area contributed by atoms with Gasteiger partial charge in [-0.1, -0.05) is 54.6 Å². The van der Waals surface area contributed by atoms with Crippen LogP contribution in [-0.4, -0.2) is 73.2 Å². The van der Waals surface area contributed by atoms with E-state index in [9.17, 15) is 40.7 Å². The van der Waals surface area contributed by atoms with E-state index in [2.05, 4.69) is 10.3 Å². The van der Waals surface area contributed by atoms with Crippen molar-refractivity contribution in [2.75, 3.05) is 26.7 Å². The summed E-state index contributed by atoms with van der Waals surface area (Å²) in [5.74, 6) is -2.46. The Morgan fingerprint density at radius 1 is 0.957 bits per heavy atom. The highest BCUT2D eigenvalue weighted by molar-refractivity contribution is 6.06. The number of pyridine rings is 1. The molecular weight excluding hydrogens is 616 g/mol. The van der Waals surface area contributed by atoms with Gasteiger partial charge in [0.2, 0.25) is 5.91 Å². The molecule has 0 aliphatic carbocycles. The standard InChI is InChI=1S/C33H29F6N3O4/c1-46-29(44)28(41-30(45)31(33(37,38)39)11-13-42(14-12-31)19-32(34,35)36)16-21-6-3-8-24-23(21)7-4-10-25(24)26-9-2-5-20-15-22(18-43)40-17-27(20)26/h2-10,15,17-18,28H,11-14,16,19H2,1H3,(H,41,45)/t28-/m0/s1. The molecule has 7 nitrogen and oxygen atoms in total. The summed E-state index contributed by atoms with van der Waals surface area (Å²) in [6.45, 7) is -2.57. The number of methoxy groups -OCH3 is 1. The van der Waals surface area contributed by atoms with E-state index in [1.807, 2.05) is 30.3 Å². The Morgan fingerprint density at radius 3 is 2.22 bits per heavy atom. The molecule has 1 aliphatic heterocycles. The number of halogens is 6. The van der Waals surface area contributed by atoms with Crippen molar-refractivity contribution in [3.63, 3.8) is 0 Å². The third-order valence-electron chi connectivity index (χ3n) is 8.51. The van der Waals surface area contributed by atoms with Crippen molar-refractivity contribution >= 4 is 39.7 Å². The summed E-state index contributed by atoms with van der Waals surface area (Å²) >= 11 is 0. The third kappa shape index (κ3) is 6.55. The highest BCUT2D eigenvalue weighted by atomic mass is 19.4. The maximum atomic E-state index is 14.4. The van der Waals surface area contributed by atoms with Crippen molar-refractivity contribution in [2.45, 2.75) is 37.7 Å². The van der Waals surface area contributed by atoms with E-state index in [-0.39, 0.29) is 12.1 Å². The predicted molar refractivity (Wildman–Crippen MR) is 158 cm³/mol. The summed E-state index contributed by atoms with van der Waals surface area (Å²) < 4.78 is 86.6. The van der Waals surface area contributed by atoms with Crippen molar-refractivity contribution in [2.24, 2.45) is 5.41 Å². The van der Waals surface area contributed by atoms with E-state index in [0.29, 0.717) is 17.2 Å². The number of ether oxygens (including phenoxy) is 1. The SMILES string of the molecule is COC(=O)[C@H](Cc1cccc2c(-c3cccc4cc(C=O)ncc34)cccc12)NC(=O)C1(C(F)(F)F)CCN(CC(F)(F)F)CC1. The number of esters is 1. The van der Waals surface area contributed by atoms with Crippen LogP contribution in [0, 0.1) is 5.41 Å². The summed E-state index contributed by atoms with van der Waals surface area (Å²) in [5.41, 5.74) is -0.546. The van der Waals surface area contributed by atoms with Crippen molar-refractivity contribution < 1.29 is 45.5 Å². The van der Waals surface area contributed by atoms with Crippen molar-refractivity contribution in [3.8, 4) is 11.1 Å². The minimum Gasteiger partial charge on any atom is -0.467 e. The summed E-state index contributed by atoms with van der Waals surface area (Å²) in [7, 11) is 1.04. The normalized spacial score (nSPS) is 16.2. The molecule has 0 spiro atoms. The minimum absolute atomic E-state index is 0.215. The number of likely N-dealkylation sites (tertiary alicyclic amines) is 1. The summed E-state index contributed by atoms with van der Waals surface area (Å²) in [4.78, 5) is 42.4. The van der Waals surface area contributed by atoms with Gasteiger partial charge in [-0.15, -0.1) is 0 Å². The van der Waals surface area contributed by atoms with Gasteiger partial charge in [0.05, 0.1) is 13.7 Å². The molecule has 5 rings (SSSR count). The van der Waals surface area contributed by atoms with E-state index in [1.54, 1.807) is 36.5 Å². The molecule has 0 radical (unpaired) electrons. The molecule has 0 saturated carbocycles. The zero-order chi connectivity index (χ0) is 33.3. The monoisotopic (exact) mass is 645 g/mol. The first-order valence-corrected chi connectivity index (χ1v) is 14.4. The molecule has 1 saturated heterocycles. The first kappa shape index (κ1) is 32.9. The maximum Gasteiger partial charge on any atom is 0.403 e. The Hall–Kier alpha value is -4.52. The number of alkyl halides is 6. The molecule has 0 unspecified atom stereocenters. The molecule has 1 N–H and O–H groups in total. The molecule has 46 heavy (non-hydrogen) atoms. The fraction of sp³-hybridized carbons (Fsp3) is 0.333. The van der Waals surface area contributed by atoms with E-state index < -0.39 is 68.2 Å². The number of rotatable bonds is 8. The van der Waals surface area contributed by atoms with Crippen LogP contribution in [0.5, 0.6) is 0 Å². The van der Waals surface area contributed by atoms with Crippen molar-refractivity contribution in [3.05, 3.63) is 78.1 Å². The van der Waals surface area contributed by atoms with E-state index in [1.165, 1.54) is 0 Å². The van der Waals surface area contributed by atoms with Crippen LogP contribution in [0.2, 0.25) is 0 Å². The van der Waals surface area contributed by atoms with Crippen LogP contribution in [-0.2, 0) is 20.7 Å². The first-order valence-electron chi connectivity index (χ1n) is 14.4. The number of hydrogen-bond acceptors (Lipinski definition) is 6. The Morgan fingerprint density at radius 2 is 1.59 bits per heavy atom. The van der Waals surface area contributed by atoms with Gasteiger partial charge in [0.25, 0.3) is 0 Å². The van der Waals surface area contributed by atoms with Crippen LogP contribution in [0.4, 0.5) is 26.3 Å². The van der Waals surface area contributed by atoms with Gasteiger partial charge in [0.1, 0.15) is 17.2 Å². The van der Waals surface area contributed by atoms with Gasteiger partial charge in [0, 0.05) is 18.0 Å². The number of nitrogens with zero attached hydrogens (tertiary/aromatic N) is 2. The number of piperidine rings is 1. The minimum atomic E-state index is -5.07. The number of carbonyl (C=O) groups excluding carboxylic acids is 3. The Balaban J connectivity index is 1.46. The topological polar surface area (TPSA) is 88.6 Å². The molecule has 3 aromatic carbocycles. The summed E-state index contributed by atoms with van der Waals surface area (Å²) in [6, 6.07) is 16.4. The van der Waals surface area contributed by atoms with Crippen molar-refractivity contribution in [1.82, 2.24) is 15.2 Å². The van der Waals surface area contributed by atoms with E-state index in [4.69, 9.17) is 4.74 Å². The number of fused-ring (bicyclic) bond motifs is 2. The number of aldehydes is 1. The second-order valence-electron chi connectivity index (χ2n) is 11.3. The smallest absolute Gasteiger partial charge is 0.403 e. The maximum absolute atomic E-state index is 14.4. The van der Waals surface area contributed by atoms with Gasteiger partial charge in [-0.3, -0.25) is 19.5 Å². The van der Waals surface area contributed by atoms with Gasteiger partial charge in [0.15, 0.2) is 6.29 Å². The molecule has 1 aliphatic rings. The number of nitrogens with one attached hydrogen (secondary N) is 1. The second-order valence-corrected chi connectivity index (χ2v) is 11.3. The molecule has 13 heteroatoms. The number of benzene rings is 3.